The smallest absolute Gasteiger partial charge is 0.0581 e. The van der Waals surface area contributed by atoms with E-state index in [0.717, 1.165) is 5.92 Å². The second-order valence-electron chi connectivity index (χ2n) is 6.36. The van der Waals surface area contributed by atoms with Gasteiger partial charge in [-0.2, -0.15) is 0 Å². The summed E-state index contributed by atoms with van der Waals surface area (Å²) in [6.45, 7) is 2.42. The third-order valence-electron chi connectivity index (χ3n) is 4.52. The summed E-state index contributed by atoms with van der Waals surface area (Å²) >= 11 is 0. The van der Waals surface area contributed by atoms with Crippen molar-refractivity contribution >= 4 is 0 Å². The molecule has 0 amide bonds. The molecule has 2 saturated heterocycles. The first kappa shape index (κ1) is 13.4. The summed E-state index contributed by atoms with van der Waals surface area (Å²) in [5.41, 5.74) is 0. The number of hydrogen-bond donors (Lipinski definition) is 0. The van der Waals surface area contributed by atoms with Gasteiger partial charge in [0, 0.05) is 0 Å². The molecule has 0 aromatic heterocycles. The Hall–Kier alpha value is -0.0400. The molecule has 2 heterocycles. The van der Waals surface area contributed by atoms with Gasteiger partial charge in [-0.15, -0.1) is 0 Å². The van der Waals surface area contributed by atoms with E-state index >= 15 is 0 Å². The zero-order valence-corrected chi connectivity index (χ0v) is 11.6. The van der Waals surface area contributed by atoms with Crippen molar-refractivity contribution < 1.29 is 4.74 Å². The molecule has 0 aromatic carbocycles. The highest BCUT2D eigenvalue weighted by atomic mass is 16.5. The van der Waals surface area contributed by atoms with E-state index in [1.165, 1.54) is 77.0 Å². The van der Waals surface area contributed by atoms with Crippen molar-refractivity contribution in [2.45, 2.75) is 96.2 Å². The van der Waals surface area contributed by atoms with Crippen molar-refractivity contribution in [3.63, 3.8) is 0 Å². The summed E-state index contributed by atoms with van der Waals surface area (Å²) in [7, 11) is 0. The average molecular weight is 238 g/mol. The first-order valence-corrected chi connectivity index (χ1v) is 8.00. The van der Waals surface area contributed by atoms with Crippen LogP contribution in [0.4, 0.5) is 0 Å². The maximum absolute atomic E-state index is 6.27. The SMILES string of the molecule is CC1CC2CCCCCCCCCCC(C1)O2. The molecule has 2 fully saturated rings. The monoisotopic (exact) mass is 238 g/mol. The zero-order chi connectivity index (χ0) is 11.9. The first-order valence-electron chi connectivity index (χ1n) is 8.00. The molecule has 2 unspecified atom stereocenters. The molecule has 2 aliphatic heterocycles. The van der Waals surface area contributed by atoms with Crippen molar-refractivity contribution in [2.75, 3.05) is 0 Å². The van der Waals surface area contributed by atoms with Crippen molar-refractivity contribution in [1.82, 2.24) is 0 Å². The minimum absolute atomic E-state index is 0.588. The molecular formula is C16H30O. The fraction of sp³-hybridized carbons (Fsp3) is 1.00. The third kappa shape index (κ3) is 4.99. The lowest BCUT2D eigenvalue weighted by molar-refractivity contribution is -0.0753. The fourth-order valence-corrected chi connectivity index (χ4v) is 3.55. The van der Waals surface area contributed by atoms with Crippen LogP contribution < -0.4 is 0 Å². The number of hydrogen-bond acceptors (Lipinski definition) is 1. The largest absolute Gasteiger partial charge is 0.375 e. The normalized spacial score (nSPS) is 37.6. The van der Waals surface area contributed by atoms with Gasteiger partial charge in [-0.05, 0) is 31.6 Å². The fourth-order valence-electron chi connectivity index (χ4n) is 3.55. The first-order chi connectivity index (χ1) is 8.34. The number of rotatable bonds is 0. The van der Waals surface area contributed by atoms with Gasteiger partial charge in [0.15, 0.2) is 0 Å². The molecule has 0 spiro atoms. The molecule has 2 aliphatic rings. The molecule has 2 bridgehead atoms. The van der Waals surface area contributed by atoms with Crippen LogP contribution in [0.2, 0.25) is 0 Å². The van der Waals surface area contributed by atoms with Crippen molar-refractivity contribution in [1.29, 1.82) is 0 Å². The lowest BCUT2D eigenvalue weighted by Crippen LogP contribution is -2.31. The summed E-state index contributed by atoms with van der Waals surface area (Å²) in [4.78, 5) is 0. The van der Waals surface area contributed by atoms with Gasteiger partial charge in [0.05, 0.1) is 12.2 Å². The molecule has 2 rings (SSSR count). The van der Waals surface area contributed by atoms with Gasteiger partial charge in [-0.25, -0.2) is 0 Å². The Labute approximate surface area is 107 Å². The van der Waals surface area contributed by atoms with Gasteiger partial charge < -0.3 is 4.74 Å². The van der Waals surface area contributed by atoms with Crippen LogP contribution in [-0.4, -0.2) is 12.2 Å². The molecule has 2 atom stereocenters. The minimum atomic E-state index is 0.588. The van der Waals surface area contributed by atoms with Gasteiger partial charge >= 0.3 is 0 Å². The van der Waals surface area contributed by atoms with Crippen LogP contribution in [0.15, 0.2) is 0 Å². The van der Waals surface area contributed by atoms with Crippen molar-refractivity contribution in [2.24, 2.45) is 5.92 Å². The molecule has 0 N–H and O–H groups in total. The summed E-state index contributed by atoms with van der Waals surface area (Å²) < 4.78 is 6.27. The maximum Gasteiger partial charge on any atom is 0.0581 e. The Bertz CT molecular complexity index is 182. The Balaban J connectivity index is 1.82. The van der Waals surface area contributed by atoms with Crippen LogP contribution in [0, 0.1) is 5.92 Å². The van der Waals surface area contributed by atoms with Gasteiger partial charge in [0.2, 0.25) is 0 Å². The quantitative estimate of drug-likeness (QED) is 0.571. The summed E-state index contributed by atoms with van der Waals surface area (Å²) in [6, 6.07) is 0. The van der Waals surface area contributed by atoms with E-state index in [1.54, 1.807) is 0 Å². The van der Waals surface area contributed by atoms with E-state index in [1.807, 2.05) is 0 Å². The molecule has 0 aliphatic carbocycles. The molecular weight excluding hydrogens is 208 g/mol. The number of ether oxygens (including phenoxy) is 1. The van der Waals surface area contributed by atoms with E-state index in [4.69, 9.17) is 4.74 Å². The Morgan fingerprint density at radius 2 is 1.06 bits per heavy atom. The van der Waals surface area contributed by atoms with Gasteiger partial charge in [-0.1, -0.05) is 58.3 Å². The second-order valence-corrected chi connectivity index (χ2v) is 6.36. The second kappa shape index (κ2) is 7.41. The van der Waals surface area contributed by atoms with Gasteiger partial charge in [-0.3, -0.25) is 0 Å². The van der Waals surface area contributed by atoms with Crippen molar-refractivity contribution in [3.8, 4) is 0 Å². The molecule has 17 heavy (non-hydrogen) atoms. The minimum Gasteiger partial charge on any atom is -0.375 e. The van der Waals surface area contributed by atoms with Crippen LogP contribution in [-0.2, 0) is 4.74 Å². The van der Waals surface area contributed by atoms with Crippen LogP contribution in [0.3, 0.4) is 0 Å². The van der Waals surface area contributed by atoms with Gasteiger partial charge in [0.1, 0.15) is 0 Å². The third-order valence-corrected chi connectivity index (χ3v) is 4.52. The molecule has 1 heteroatoms. The zero-order valence-electron chi connectivity index (χ0n) is 11.6. The summed E-state index contributed by atoms with van der Waals surface area (Å²) in [6.07, 6.45) is 17.9. The highest BCUT2D eigenvalue weighted by molar-refractivity contribution is 4.76. The van der Waals surface area contributed by atoms with E-state index < -0.39 is 0 Å². The number of fused-ring (bicyclic) bond motifs is 2. The van der Waals surface area contributed by atoms with E-state index in [9.17, 15) is 0 Å². The molecule has 0 aromatic rings. The lowest BCUT2D eigenvalue weighted by Gasteiger charge is -2.34. The average Bonchev–Trinajstić information content (AvgIpc) is 2.31. The topological polar surface area (TPSA) is 9.23 Å². The molecule has 100 valence electrons. The predicted octanol–water partition coefficient (Wildman–Crippen LogP) is 5.08. The van der Waals surface area contributed by atoms with E-state index in [0.29, 0.717) is 12.2 Å². The van der Waals surface area contributed by atoms with Gasteiger partial charge in [0.25, 0.3) is 0 Å². The van der Waals surface area contributed by atoms with Crippen molar-refractivity contribution in [3.05, 3.63) is 0 Å². The molecule has 1 nitrogen and oxygen atoms in total. The Kier molecular flexibility index (Phi) is 5.84. The Morgan fingerprint density at radius 1 is 0.647 bits per heavy atom. The van der Waals surface area contributed by atoms with Crippen LogP contribution >= 0.6 is 0 Å². The summed E-state index contributed by atoms with van der Waals surface area (Å²) in [5.74, 6) is 0.892. The van der Waals surface area contributed by atoms with Crippen LogP contribution in [0.5, 0.6) is 0 Å². The predicted molar refractivity (Wildman–Crippen MR) is 73.2 cm³/mol. The van der Waals surface area contributed by atoms with Crippen LogP contribution in [0.25, 0.3) is 0 Å². The maximum atomic E-state index is 6.27. The van der Waals surface area contributed by atoms with Crippen LogP contribution in [0.1, 0.15) is 84.0 Å². The standard InChI is InChI=1S/C16H30O/c1-14-12-15-10-8-6-4-2-3-5-7-9-11-16(13-14)17-15/h14-16H,2-13H2,1H3. The lowest BCUT2D eigenvalue weighted by atomic mass is 9.89. The highest BCUT2D eigenvalue weighted by Crippen LogP contribution is 2.30. The highest BCUT2D eigenvalue weighted by Gasteiger charge is 2.26. The molecule has 0 saturated carbocycles. The van der Waals surface area contributed by atoms with E-state index in [2.05, 4.69) is 6.92 Å². The summed E-state index contributed by atoms with van der Waals surface area (Å²) in [5, 5.41) is 0. The molecule has 0 radical (unpaired) electrons. The van der Waals surface area contributed by atoms with E-state index in [-0.39, 0.29) is 0 Å². The Morgan fingerprint density at radius 3 is 1.53 bits per heavy atom.